The number of benzene rings is 1. The zero-order chi connectivity index (χ0) is 9.30. The Labute approximate surface area is 87.5 Å². The number of hydrogen-bond acceptors (Lipinski definition) is 1. The van der Waals surface area contributed by atoms with Gasteiger partial charge in [0.1, 0.15) is 10.8 Å². The quantitative estimate of drug-likeness (QED) is 0.557. The third kappa shape index (κ3) is 1.68. The first-order valence-electron chi connectivity index (χ1n) is 2.95. The van der Waals surface area contributed by atoms with Gasteiger partial charge in [0.15, 0.2) is 5.75 Å². The summed E-state index contributed by atoms with van der Waals surface area (Å²) in [5.74, 6) is -0.239. The largest absolute Gasteiger partial charge is 0.494 e. The van der Waals surface area contributed by atoms with Gasteiger partial charge in [-0.3, -0.25) is 0 Å². The summed E-state index contributed by atoms with van der Waals surface area (Å²) in [7, 11) is 1.41. The summed E-state index contributed by atoms with van der Waals surface area (Å²) in [4.78, 5) is 0. The van der Waals surface area contributed by atoms with Crippen molar-refractivity contribution in [3.8, 4) is 5.75 Å². The van der Waals surface area contributed by atoms with E-state index in [9.17, 15) is 4.39 Å². The molecule has 0 saturated carbocycles. The van der Waals surface area contributed by atoms with Crippen LogP contribution >= 0.6 is 39.1 Å². The van der Waals surface area contributed by atoms with Crippen molar-refractivity contribution in [1.82, 2.24) is 0 Å². The number of halogens is 4. The summed E-state index contributed by atoms with van der Waals surface area (Å²) in [5, 5.41) is 0.297. The maximum Gasteiger partial charge on any atom is 0.157 e. The fraction of sp³-hybridized carbons (Fsp3) is 0.143. The third-order valence-corrected chi connectivity index (χ3v) is 2.92. The molecule has 0 heterocycles. The smallest absolute Gasteiger partial charge is 0.157 e. The first-order chi connectivity index (χ1) is 5.57. The molecule has 0 aliphatic rings. The van der Waals surface area contributed by atoms with Gasteiger partial charge in [-0.15, -0.1) is 0 Å². The van der Waals surface area contributed by atoms with Crippen molar-refractivity contribution in [2.45, 2.75) is 0 Å². The van der Waals surface area contributed by atoms with Crippen LogP contribution in [0.15, 0.2) is 10.5 Å². The molecule has 0 atom stereocenters. The third-order valence-electron chi connectivity index (χ3n) is 1.28. The minimum Gasteiger partial charge on any atom is -0.494 e. The van der Waals surface area contributed by atoms with E-state index in [0.29, 0.717) is 0 Å². The van der Waals surface area contributed by atoms with Crippen LogP contribution < -0.4 is 4.74 Å². The molecule has 1 nitrogen and oxygen atoms in total. The highest BCUT2D eigenvalue weighted by Crippen LogP contribution is 2.39. The van der Waals surface area contributed by atoms with E-state index in [1.54, 1.807) is 0 Å². The van der Waals surface area contributed by atoms with E-state index in [0.717, 1.165) is 6.07 Å². The highest BCUT2D eigenvalue weighted by Gasteiger charge is 2.14. The average molecular weight is 274 g/mol. The molecule has 0 fully saturated rings. The summed E-state index contributed by atoms with van der Waals surface area (Å²) in [5.41, 5.74) is 0. The maximum atomic E-state index is 12.9. The molecule has 12 heavy (non-hydrogen) atoms. The van der Waals surface area contributed by atoms with Gasteiger partial charge in [0.05, 0.1) is 16.6 Å². The molecule has 0 N–H and O–H groups in total. The van der Waals surface area contributed by atoms with Crippen molar-refractivity contribution < 1.29 is 9.13 Å². The fourth-order valence-corrected chi connectivity index (χ4v) is 1.62. The van der Waals surface area contributed by atoms with Crippen molar-refractivity contribution in [3.63, 3.8) is 0 Å². The Morgan fingerprint density at radius 2 is 2.08 bits per heavy atom. The fourth-order valence-electron chi connectivity index (χ4n) is 0.737. The van der Waals surface area contributed by atoms with Gasteiger partial charge in [-0.25, -0.2) is 4.39 Å². The molecule has 0 saturated heterocycles. The second-order valence-corrected chi connectivity index (χ2v) is 3.58. The number of methoxy groups -OCH3 is 1. The molecule has 1 aromatic carbocycles. The lowest BCUT2D eigenvalue weighted by atomic mass is 10.3. The Bertz CT molecular complexity index is 317. The minimum absolute atomic E-state index is 0.141. The monoisotopic (exact) mass is 272 g/mol. The average Bonchev–Trinajstić information content (AvgIpc) is 2.01. The van der Waals surface area contributed by atoms with Gasteiger partial charge in [0, 0.05) is 0 Å². The zero-order valence-corrected chi connectivity index (χ0v) is 9.10. The van der Waals surface area contributed by atoms with Crippen LogP contribution in [0.25, 0.3) is 0 Å². The molecule has 0 radical (unpaired) electrons. The summed E-state index contributed by atoms with van der Waals surface area (Å²) in [6.07, 6.45) is 0. The number of ether oxygens (including phenoxy) is 1. The van der Waals surface area contributed by atoms with Crippen molar-refractivity contribution >= 4 is 39.1 Å². The highest BCUT2D eigenvalue weighted by atomic mass is 79.9. The maximum absolute atomic E-state index is 12.9. The van der Waals surface area contributed by atoms with Crippen molar-refractivity contribution in [2.24, 2.45) is 0 Å². The summed E-state index contributed by atoms with van der Waals surface area (Å²) < 4.78 is 17.9. The second-order valence-electron chi connectivity index (χ2n) is 2.00. The normalized spacial score (nSPS) is 10.1. The van der Waals surface area contributed by atoms with Crippen LogP contribution in [-0.4, -0.2) is 7.11 Å². The van der Waals surface area contributed by atoms with Gasteiger partial charge in [0.2, 0.25) is 0 Å². The molecule has 0 unspecified atom stereocenters. The first kappa shape index (κ1) is 10.1. The molecule has 0 aromatic heterocycles. The molecule has 0 spiro atoms. The first-order valence-corrected chi connectivity index (χ1v) is 4.49. The lowest BCUT2D eigenvalue weighted by Crippen LogP contribution is -1.89. The molecule has 0 aliphatic heterocycles. The van der Waals surface area contributed by atoms with Gasteiger partial charge in [-0.05, 0) is 22.0 Å². The van der Waals surface area contributed by atoms with E-state index in [1.165, 1.54) is 7.11 Å². The molecule has 0 aliphatic carbocycles. The molecule has 1 rings (SSSR count). The lowest BCUT2D eigenvalue weighted by Gasteiger charge is -2.07. The van der Waals surface area contributed by atoms with E-state index in [4.69, 9.17) is 27.9 Å². The van der Waals surface area contributed by atoms with E-state index in [2.05, 4.69) is 15.9 Å². The van der Waals surface area contributed by atoms with Gasteiger partial charge in [0.25, 0.3) is 0 Å². The number of hydrogen-bond donors (Lipinski definition) is 0. The van der Waals surface area contributed by atoms with E-state index < -0.39 is 5.82 Å². The van der Waals surface area contributed by atoms with Gasteiger partial charge in [-0.1, -0.05) is 23.2 Å². The summed E-state index contributed by atoms with van der Waals surface area (Å²) in [6.45, 7) is 0. The van der Waals surface area contributed by atoms with Gasteiger partial charge >= 0.3 is 0 Å². The van der Waals surface area contributed by atoms with Crippen LogP contribution in [0.3, 0.4) is 0 Å². The van der Waals surface area contributed by atoms with Crippen LogP contribution in [0.4, 0.5) is 4.39 Å². The van der Waals surface area contributed by atoms with Gasteiger partial charge in [-0.2, -0.15) is 0 Å². The van der Waals surface area contributed by atoms with E-state index >= 15 is 0 Å². The molecular formula is C7H4BrCl2FO. The molecular weight excluding hydrogens is 270 g/mol. The molecule has 66 valence electrons. The van der Waals surface area contributed by atoms with Crippen molar-refractivity contribution in [1.29, 1.82) is 0 Å². The Hall–Kier alpha value is 0.01000. The lowest BCUT2D eigenvalue weighted by molar-refractivity contribution is 0.413. The minimum atomic E-state index is -0.509. The van der Waals surface area contributed by atoms with E-state index in [1.807, 2.05) is 0 Å². The van der Waals surface area contributed by atoms with Crippen LogP contribution in [0.1, 0.15) is 0 Å². The van der Waals surface area contributed by atoms with Gasteiger partial charge < -0.3 is 4.74 Å². The number of rotatable bonds is 1. The molecule has 5 heteroatoms. The summed E-state index contributed by atoms with van der Waals surface area (Å²) in [6, 6.07) is 1.14. The Morgan fingerprint density at radius 3 is 2.58 bits per heavy atom. The Morgan fingerprint density at radius 1 is 1.50 bits per heavy atom. The highest BCUT2D eigenvalue weighted by molar-refractivity contribution is 9.10. The second kappa shape index (κ2) is 3.81. The Balaban J connectivity index is 3.40. The van der Waals surface area contributed by atoms with Crippen molar-refractivity contribution in [2.75, 3.05) is 7.11 Å². The zero-order valence-electron chi connectivity index (χ0n) is 6.00. The van der Waals surface area contributed by atoms with Crippen molar-refractivity contribution in [3.05, 3.63) is 26.4 Å². The summed E-state index contributed by atoms with van der Waals surface area (Å²) >= 11 is 14.3. The van der Waals surface area contributed by atoms with Crippen LogP contribution in [0, 0.1) is 5.82 Å². The molecule has 1 aromatic rings. The predicted molar refractivity (Wildman–Crippen MR) is 50.7 cm³/mol. The van der Waals surface area contributed by atoms with Crippen LogP contribution in [0.5, 0.6) is 5.75 Å². The topological polar surface area (TPSA) is 9.23 Å². The molecule has 0 bridgehead atoms. The molecule has 0 amide bonds. The predicted octanol–water partition coefficient (Wildman–Crippen LogP) is 3.90. The SMILES string of the molecule is COc1c(Cl)cc(F)c(Br)c1Cl. The Kier molecular flexibility index (Phi) is 3.21. The standard InChI is InChI=1S/C7H4BrCl2FO/c1-12-7-3(9)2-4(11)5(8)6(7)10/h2H,1H3. The van der Waals surface area contributed by atoms with Crippen LogP contribution in [0.2, 0.25) is 10.0 Å². The van der Waals surface area contributed by atoms with Crippen LogP contribution in [-0.2, 0) is 0 Å². The van der Waals surface area contributed by atoms with E-state index in [-0.39, 0.29) is 20.3 Å².